The molecule has 13 heteroatoms. The van der Waals surface area contributed by atoms with E-state index in [4.69, 9.17) is 14.1 Å². The number of amides is 2. The van der Waals surface area contributed by atoms with Crippen LogP contribution in [-0.2, 0) is 13.0 Å². The van der Waals surface area contributed by atoms with Crippen LogP contribution in [-0.4, -0.2) is 45.0 Å². The van der Waals surface area contributed by atoms with Gasteiger partial charge < -0.3 is 19.4 Å². The molecule has 1 N–H and O–H groups in total. The van der Waals surface area contributed by atoms with Gasteiger partial charge in [0.25, 0.3) is 11.8 Å². The molecule has 9 nitrogen and oxygen atoms in total. The number of aryl methyl sites for hydroxylation is 1. The third-order valence-corrected chi connectivity index (χ3v) is 9.99. The Morgan fingerprint density at radius 2 is 1.91 bits per heavy atom. The van der Waals surface area contributed by atoms with E-state index in [1.54, 1.807) is 25.1 Å². The lowest BCUT2D eigenvalue weighted by Crippen LogP contribution is -2.23. The molecule has 47 heavy (non-hydrogen) atoms. The number of hydrogen-bond donors (Lipinski definition) is 1. The van der Waals surface area contributed by atoms with Crippen LogP contribution in [0, 0.1) is 24.4 Å². The van der Waals surface area contributed by atoms with Crippen LogP contribution in [0.15, 0.2) is 52.9 Å². The summed E-state index contributed by atoms with van der Waals surface area (Å²) in [6.45, 7) is 2.61. The number of nitrogens with zero attached hydrogens (tertiary/aromatic N) is 4. The second kappa shape index (κ2) is 11.3. The van der Waals surface area contributed by atoms with E-state index in [9.17, 15) is 22.8 Å². The Labute approximate surface area is 270 Å². The van der Waals surface area contributed by atoms with Crippen LogP contribution in [0.5, 0.6) is 5.75 Å². The highest BCUT2D eigenvalue weighted by molar-refractivity contribution is 7.17. The number of nitrogens with one attached hydrogen (secondary N) is 1. The van der Waals surface area contributed by atoms with E-state index in [1.165, 1.54) is 29.5 Å². The van der Waals surface area contributed by atoms with Crippen LogP contribution < -0.4 is 10.1 Å². The van der Waals surface area contributed by atoms with Crippen molar-refractivity contribution in [3.8, 4) is 27.6 Å². The third-order valence-electron chi connectivity index (χ3n) is 8.89. The molecule has 0 unspecified atom stereocenters. The fourth-order valence-corrected chi connectivity index (χ4v) is 7.72. The zero-order chi connectivity index (χ0) is 32.4. The molecule has 3 aliphatic rings. The lowest BCUT2D eigenvalue weighted by molar-refractivity contribution is 0.0776. The molecule has 5 aromatic rings. The topological polar surface area (TPSA) is 110 Å². The number of fused-ring (bicyclic) bond motifs is 4. The molecule has 2 atom stereocenters. The molecule has 0 bridgehead atoms. The van der Waals surface area contributed by atoms with Crippen molar-refractivity contribution in [3.05, 3.63) is 105 Å². The van der Waals surface area contributed by atoms with E-state index >= 15 is 0 Å². The van der Waals surface area contributed by atoms with Gasteiger partial charge in [-0.2, -0.15) is 0 Å². The molecule has 3 aliphatic heterocycles. The SMILES string of the molecule is Cc1nnc(-c2c(C[C@H]3COc4cc(F)ccc43)nc3c(c2-c2ccc(C(=O)NCc4ccc(F)c(F)c4)s2)C(=O)N2CCC[C@H]32)o1. The van der Waals surface area contributed by atoms with Crippen molar-refractivity contribution in [2.45, 2.75) is 44.7 Å². The van der Waals surface area contributed by atoms with E-state index in [-0.39, 0.29) is 36.1 Å². The molecule has 1 saturated heterocycles. The summed E-state index contributed by atoms with van der Waals surface area (Å²) < 4.78 is 52.9. The number of benzene rings is 2. The van der Waals surface area contributed by atoms with Gasteiger partial charge in [0.2, 0.25) is 11.8 Å². The Morgan fingerprint density at radius 3 is 2.72 bits per heavy atom. The van der Waals surface area contributed by atoms with Crippen molar-refractivity contribution < 1.29 is 31.9 Å². The highest BCUT2D eigenvalue weighted by Crippen LogP contribution is 2.50. The van der Waals surface area contributed by atoms with Gasteiger partial charge in [-0.1, -0.05) is 12.1 Å². The van der Waals surface area contributed by atoms with E-state index in [0.29, 0.717) is 74.6 Å². The minimum atomic E-state index is -0.994. The molecule has 0 spiro atoms. The summed E-state index contributed by atoms with van der Waals surface area (Å²) in [7, 11) is 0. The quantitative estimate of drug-likeness (QED) is 0.212. The van der Waals surface area contributed by atoms with Crippen LogP contribution in [0.3, 0.4) is 0 Å². The first-order valence-corrected chi connectivity index (χ1v) is 16.0. The molecule has 3 aromatic heterocycles. The lowest BCUT2D eigenvalue weighted by Gasteiger charge is -2.18. The van der Waals surface area contributed by atoms with Gasteiger partial charge in [0.1, 0.15) is 11.6 Å². The number of rotatable bonds is 7. The zero-order valence-corrected chi connectivity index (χ0v) is 25.8. The second-order valence-electron chi connectivity index (χ2n) is 11.8. The van der Waals surface area contributed by atoms with Crippen LogP contribution in [0.1, 0.15) is 73.2 Å². The van der Waals surface area contributed by atoms with E-state index in [1.807, 2.05) is 4.90 Å². The zero-order valence-electron chi connectivity index (χ0n) is 25.0. The fraction of sp³-hybridized carbons (Fsp3) is 0.265. The van der Waals surface area contributed by atoms with Gasteiger partial charge in [0, 0.05) is 54.4 Å². The summed E-state index contributed by atoms with van der Waals surface area (Å²) in [5.41, 5.74) is 4.09. The number of ether oxygens (including phenoxy) is 1. The Bertz CT molecular complexity index is 2100. The molecule has 0 saturated carbocycles. The molecule has 0 aliphatic carbocycles. The maximum Gasteiger partial charge on any atom is 0.261 e. The van der Waals surface area contributed by atoms with E-state index in [0.717, 1.165) is 30.5 Å². The van der Waals surface area contributed by atoms with Crippen LogP contribution in [0.4, 0.5) is 13.2 Å². The highest BCUT2D eigenvalue weighted by atomic mass is 32.1. The number of pyridine rings is 1. The maximum atomic E-state index is 14.0. The smallest absolute Gasteiger partial charge is 0.261 e. The Kier molecular flexibility index (Phi) is 7.08. The first-order chi connectivity index (χ1) is 22.7. The molecule has 2 amide bonds. The van der Waals surface area contributed by atoms with Gasteiger partial charge in [-0.15, -0.1) is 21.5 Å². The van der Waals surface area contributed by atoms with Gasteiger partial charge in [0.15, 0.2) is 11.6 Å². The van der Waals surface area contributed by atoms with Gasteiger partial charge in [-0.25, -0.2) is 13.2 Å². The van der Waals surface area contributed by atoms with Crippen LogP contribution >= 0.6 is 11.3 Å². The van der Waals surface area contributed by atoms with Gasteiger partial charge in [-0.05, 0) is 48.7 Å². The van der Waals surface area contributed by atoms with Crippen molar-refractivity contribution in [3.63, 3.8) is 0 Å². The number of carbonyl (C=O) groups is 2. The first kappa shape index (κ1) is 29.4. The Morgan fingerprint density at radius 1 is 1.04 bits per heavy atom. The molecule has 8 rings (SSSR count). The van der Waals surface area contributed by atoms with Crippen molar-refractivity contribution >= 4 is 23.2 Å². The first-order valence-electron chi connectivity index (χ1n) is 15.2. The Balaban J connectivity index is 1.23. The number of halogens is 3. The predicted octanol–water partition coefficient (Wildman–Crippen LogP) is 6.53. The van der Waals surface area contributed by atoms with Gasteiger partial charge >= 0.3 is 0 Å². The molecule has 1 fully saturated rings. The molecule has 6 heterocycles. The number of aromatic nitrogens is 3. The monoisotopic (exact) mass is 657 g/mol. The van der Waals surface area contributed by atoms with E-state index < -0.39 is 17.5 Å². The predicted molar refractivity (Wildman–Crippen MR) is 164 cm³/mol. The lowest BCUT2D eigenvalue weighted by atomic mass is 9.89. The summed E-state index contributed by atoms with van der Waals surface area (Å²) in [4.78, 5) is 35.2. The number of carbonyl (C=O) groups excluding carboxylic acids is 2. The van der Waals surface area contributed by atoms with Crippen molar-refractivity contribution in [2.24, 2.45) is 0 Å². The minimum Gasteiger partial charge on any atom is -0.493 e. The average Bonchev–Trinajstić information content (AvgIpc) is 3.89. The largest absolute Gasteiger partial charge is 0.493 e. The van der Waals surface area contributed by atoms with Crippen LogP contribution in [0.25, 0.3) is 21.9 Å². The van der Waals surface area contributed by atoms with Crippen molar-refractivity contribution in [2.75, 3.05) is 13.2 Å². The molecular formula is C34H26F3N5O4S. The maximum absolute atomic E-state index is 14.0. The number of hydrogen-bond acceptors (Lipinski definition) is 8. The summed E-state index contributed by atoms with van der Waals surface area (Å²) in [5.74, 6) is -2.03. The summed E-state index contributed by atoms with van der Waals surface area (Å²) >= 11 is 1.19. The third kappa shape index (κ3) is 5.05. The molecule has 238 valence electrons. The van der Waals surface area contributed by atoms with Crippen molar-refractivity contribution in [1.29, 1.82) is 0 Å². The van der Waals surface area contributed by atoms with E-state index in [2.05, 4.69) is 15.5 Å². The molecule has 0 radical (unpaired) electrons. The normalized spacial score (nSPS) is 17.9. The van der Waals surface area contributed by atoms with Crippen LogP contribution in [0.2, 0.25) is 0 Å². The average molecular weight is 658 g/mol. The summed E-state index contributed by atoms with van der Waals surface area (Å²) in [5, 5.41) is 11.2. The van der Waals surface area contributed by atoms with Crippen molar-refractivity contribution in [1.82, 2.24) is 25.4 Å². The van der Waals surface area contributed by atoms with Gasteiger partial charge in [-0.3, -0.25) is 14.6 Å². The highest BCUT2D eigenvalue weighted by Gasteiger charge is 2.45. The summed E-state index contributed by atoms with van der Waals surface area (Å²) in [6, 6.07) is 11.2. The van der Waals surface area contributed by atoms with Gasteiger partial charge in [0.05, 0.1) is 40.0 Å². The molecule has 2 aromatic carbocycles. The number of thiophene rings is 1. The fourth-order valence-electron chi connectivity index (χ4n) is 6.74. The summed E-state index contributed by atoms with van der Waals surface area (Å²) in [6.07, 6.45) is 2.04. The minimum absolute atomic E-state index is 0.00542. The Hall–Kier alpha value is -5.04. The molecular weight excluding hydrogens is 631 g/mol. The second-order valence-corrected chi connectivity index (χ2v) is 12.9. The standard InChI is InChI=1S/C34H26F3N5O4S/c1-16-40-41-33(46-16)28-23(12-18-15-45-25-13-19(35)5-6-20(18)25)39-31-24-3-2-10-42(24)34(44)30(31)29(28)26-8-9-27(47-26)32(43)38-14-17-4-7-21(36)22(37)11-17/h4-9,11,13,18,24H,2-3,10,12,14-15H2,1H3,(H,38,43)/t18-,24+/m0/s1.